The van der Waals surface area contributed by atoms with Crippen molar-refractivity contribution < 1.29 is 5.11 Å². The lowest BCUT2D eigenvalue weighted by atomic mass is 10.1. The molecule has 0 spiro atoms. The van der Waals surface area contributed by atoms with E-state index in [9.17, 15) is 0 Å². The molecule has 1 saturated heterocycles. The van der Waals surface area contributed by atoms with E-state index in [1.54, 1.807) is 11.8 Å². The third kappa shape index (κ3) is 3.10. The van der Waals surface area contributed by atoms with Crippen LogP contribution in [-0.2, 0) is 0 Å². The summed E-state index contributed by atoms with van der Waals surface area (Å²) < 4.78 is 0. The Kier molecular flexibility index (Phi) is 5.31. The molecule has 0 bridgehead atoms. The minimum Gasteiger partial charge on any atom is -0.396 e. The predicted octanol–water partition coefficient (Wildman–Crippen LogP) is 2.43. The molecule has 1 aliphatic rings. The molecule has 2 rings (SSSR count). The Morgan fingerprint density at radius 2 is 2.35 bits per heavy atom. The number of nitrogens with zero attached hydrogens (tertiary/aromatic N) is 1. The summed E-state index contributed by atoms with van der Waals surface area (Å²) >= 11 is 1.63. The van der Waals surface area contributed by atoms with Gasteiger partial charge in [0.1, 0.15) is 5.84 Å². The van der Waals surface area contributed by atoms with Crippen LogP contribution in [0.25, 0.3) is 0 Å². The average molecular weight is 293 g/mol. The molecular formula is C15H23N3OS. The summed E-state index contributed by atoms with van der Waals surface area (Å²) in [5.74, 6) is 0.137. The molecule has 1 fully saturated rings. The van der Waals surface area contributed by atoms with Gasteiger partial charge >= 0.3 is 0 Å². The van der Waals surface area contributed by atoms with Gasteiger partial charge in [-0.25, -0.2) is 0 Å². The molecule has 20 heavy (non-hydrogen) atoms. The summed E-state index contributed by atoms with van der Waals surface area (Å²) in [5, 5.41) is 16.9. The Morgan fingerprint density at radius 1 is 1.55 bits per heavy atom. The Morgan fingerprint density at radius 3 is 3.00 bits per heavy atom. The number of amidine groups is 1. The van der Waals surface area contributed by atoms with Gasteiger partial charge in [0.05, 0.1) is 5.56 Å². The van der Waals surface area contributed by atoms with Gasteiger partial charge in [-0.1, -0.05) is 6.07 Å². The summed E-state index contributed by atoms with van der Waals surface area (Å²) in [5.41, 5.74) is 7.74. The van der Waals surface area contributed by atoms with E-state index in [1.165, 1.54) is 0 Å². The highest BCUT2D eigenvalue weighted by atomic mass is 32.2. The molecule has 1 unspecified atom stereocenters. The van der Waals surface area contributed by atoms with Crippen molar-refractivity contribution >= 4 is 23.3 Å². The lowest BCUT2D eigenvalue weighted by molar-refractivity contribution is 0.279. The number of rotatable bonds is 6. The van der Waals surface area contributed by atoms with Gasteiger partial charge in [0.15, 0.2) is 0 Å². The van der Waals surface area contributed by atoms with Crippen LogP contribution in [0.1, 0.15) is 31.2 Å². The molecule has 1 aromatic carbocycles. The van der Waals surface area contributed by atoms with Crippen LogP contribution in [0.5, 0.6) is 0 Å². The Labute approximate surface area is 124 Å². The van der Waals surface area contributed by atoms with Crippen LogP contribution >= 0.6 is 11.8 Å². The highest BCUT2D eigenvalue weighted by molar-refractivity contribution is 7.98. The molecule has 4 nitrogen and oxygen atoms in total. The summed E-state index contributed by atoms with van der Waals surface area (Å²) in [7, 11) is 0. The maximum Gasteiger partial charge on any atom is 0.126 e. The predicted molar refractivity (Wildman–Crippen MR) is 85.9 cm³/mol. The van der Waals surface area contributed by atoms with E-state index < -0.39 is 0 Å². The third-order valence-electron chi connectivity index (χ3n) is 3.88. The highest BCUT2D eigenvalue weighted by Crippen LogP contribution is 2.34. The van der Waals surface area contributed by atoms with Crippen molar-refractivity contribution in [2.24, 2.45) is 5.73 Å². The fourth-order valence-corrected chi connectivity index (χ4v) is 3.61. The van der Waals surface area contributed by atoms with Crippen molar-refractivity contribution in [3.63, 3.8) is 0 Å². The molecule has 1 atom stereocenters. The van der Waals surface area contributed by atoms with Crippen molar-refractivity contribution in [2.75, 3.05) is 24.3 Å². The van der Waals surface area contributed by atoms with Gasteiger partial charge < -0.3 is 15.7 Å². The maximum absolute atomic E-state index is 9.03. The van der Waals surface area contributed by atoms with Crippen LogP contribution in [0.15, 0.2) is 23.1 Å². The molecule has 5 heteroatoms. The zero-order valence-electron chi connectivity index (χ0n) is 11.9. The second kappa shape index (κ2) is 6.99. The van der Waals surface area contributed by atoms with E-state index in [2.05, 4.69) is 11.0 Å². The van der Waals surface area contributed by atoms with Crippen molar-refractivity contribution in [1.29, 1.82) is 5.41 Å². The van der Waals surface area contributed by atoms with Gasteiger partial charge in [0.2, 0.25) is 0 Å². The highest BCUT2D eigenvalue weighted by Gasteiger charge is 2.27. The second-order valence-electron chi connectivity index (χ2n) is 5.12. The number of hydrogen-bond acceptors (Lipinski definition) is 4. The number of benzene rings is 1. The zero-order valence-corrected chi connectivity index (χ0v) is 12.7. The largest absolute Gasteiger partial charge is 0.396 e. The van der Waals surface area contributed by atoms with Crippen LogP contribution in [0.3, 0.4) is 0 Å². The molecule has 1 aliphatic heterocycles. The Balaban J connectivity index is 2.33. The Bertz CT molecular complexity index is 478. The number of aliphatic hydroxyl groups excluding tert-OH is 1. The van der Waals surface area contributed by atoms with Gasteiger partial charge in [0.25, 0.3) is 0 Å². The minimum absolute atomic E-state index is 0.137. The Hall–Kier alpha value is -1.20. The van der Waals surface area contributed by atoms with Crippen molar-refractivity contribution in [3.05, 3.63) is 23.8 Å². The third-order valence-corrected chi connectivity index (χ3v) is 4.66. The quantitative estimate of drug-likeness (QED) is 0.428. The smallest absolute Gasteiger partial charge is 0.126 e. The van der Waals surface area contributed by atoms with E-state index in [-0.39, 0.29) is 12.4 Å². The van der Waals surface area contributed by atoms with Crippen LogP contribution in [-0.4, -0.2) is 36.4 Å². The number of thioether (sulfide) groups is 1. The summed E-state index contributed by atoms with van der Waals surface area (Å²) in [6.45, 7) is 1.25. The molecule has 4 N–H and O–H groups in total. The van der Waals surface area contributed by atoms with E-state index >= 15 is 0 Å². The number of nitrogens with two attached hydrogens (primary N) is 1. The number of hydrogen-bond donors (Lipinski definition) is 3. The topological polar surface area (TPSA) is 73.3 Å². The summed E-state index contributed by atoms with van der Waals surface area (Å²) in [6, 6.07) is 6.57. The molecule has 0 aliphatic carbocycles. The van der Waals surface area contributed by atoms with E-state index in [1.807, 2.05) is 18.4 Å². The molecular weight excluding hydrogens is 270 g/mol. The lowest BCUT2D eigenvalue weighted by Crippen LogP contribution is -2.31. The van der Waals surface area contributed by atoms with E-state index in [4.69, 9.17) is 16.2 Å². The molecule has 0 saturated carbocycles. The molecule has 0 radical (unpaired) electrons. The van der Waals surface area contributed by atoms with Gasteiger partial charge in [-0.3, -0.25) is 5.41 Å². The number of nitrogens with one attached hydrogen (secondary N) is 1. The fraction of sp³-hybridized carbons (Fsp3) is 0.533. The van der Waals surface area contributed by atoms with Gasteiger partial charge in [-0.15, -0.1) is 11.8 Å². The van der Waals surface area contributed by atoms with E-state index in [0.717, 1.165) is 48.4 Å². The number of aliphatic hydroxyl groups is 1. The van der Waals surface area contributed by atoms with Crippen molar-refractivity contribution in [3.8, 4) is 0 Å². The summed E-state index contributed by atoms with van der Waals surface area (Å²) in [4.78, 5) is 3.43. The average Bonchev–Trinajstić information content (AvgIpc) is 2.92. The van der Waals surface area contributed by atoms with Crippen molar-refractivity contribution in [1.82, 2.24) is 0 Å². The fourth-order valence-electron chi connectivity index (χ4n) is 2.98. The molecule has 1 aromatic rings. The zero-order chi connectivity index (χ0) is 14.5. The molecule has 0 amide bonds. The first-order chi connectivity index (χ1) is 9.69. The minimum atomic E-state index is 0.137. The number of nitrogen functional groups attached to an aromatic ring is 1. The van der Waals surface area contributed by atoms with Crippen molar-refractivity contribution in [2.45, 2.75) is 36.6 Å². The number of anilines is 1. The second-order valence-corrected chi connectivity index (χ2v) is 5.97. The normalized spacial score (nSPS) is 18.5. The van der Waals surface area contributed by atoms with Gasteiger partial charge in [0, 0.05) is 29.8 Å². The van der Waals surface area contributed by atoms with E-state index in [0.29, 0.717) is 6.04 Å². The van der Waals surface area contributed by atoms with Crippen LogP contribution in [0, 0.1) is 5.41 Å². The summed E-state index contributed by atoms with van der Waals surface area (Å²) in [6.07, 6.45) is 6.16. The van der Waals surface area contributed by atoms with Crippen LogP contribution < -0.4 is 10.6 Å². The first-order valence-electron chi connectivity index (χ1n) is 7.08. The van der Waals surface area contributed by atoms with Gasteiger partial charge in [-0.05, 0) is 44.1 Å². The van der Waals surface area contributed by atoms with Crippen LogP contribution in [0.2, 0.25) is 0 Å². The maximum atomic E-state index is 9.03. The molecule has 1 heterocycles. The first kappa shape index (κ1) is 15.2. The van der Waals surface area contributed by atoms with Crippen LogP contribution in [0.4, 0.5) is 5.69 Å². The first-order valence-corrected chi connectivity index (χ1v) is 8.30. The standard InChI is InChI=1S/C15H23N3OS/c1-20-13-8-2-7-12(14(13)15(16)17)18-9-3-5-11(18)6-4-10-19/h2,7-8,11,19H,3-6,9-10H2,1H3,(H3,16,17). The SMILES string of the molecule is CSc1cccc(N2CCCC2CCCO)c1C(=N)N. The molecule has 0 aromatic heterocycles. The monoisotopic (exact) mass is 293 g/mol. The molecule has 110 valence electrons. The lowest BCUT2D eigenvalue weighted by Gasteiger charge is -2.29. The van der Waals surface area contributed by atoms with Gasteiger partial charge in [-0.2, -0.15) is 0 Å².